The van der Waals surface area contributed by atoms with Crippen LogP contribution in [0.5, 0.6) is 11.5 Å². The highest BCUT2D eigenvalue weighted by molar-refractivity contribution is 5.95. The first kappa shape index (κ1) is 24.8. The van der Waals surface area contributed by atoms with E-state index in [-0.39, 0.29) is 30.1 Å². The summed E-state index contributed by atoms with van der Waals surface area (Å²) in [5.41, 5.74) is 1.55. The van der Waals surface area contributed by atoms with Gasteiger partial charge in [0.15, 0.2) is 0 Å². The zero-order valence-corrected chi connectivity index (χ0v) is 19.3. The highest BCUT2D eigenvalue weighted by Gasteiger charge is 2.38. The molecule has 8 nitrogen and oxygen atoms in total. The van der Waals surface area contributed by atoms with Crippen LogP contribution in [0.4, 0.5) is 13.2 Å². The molecule has 36 heavy (non-hydrogen) atoms. The van der Waals surface area contributed by atoms with Crippen molar-refractivity contribution >= 4 is 22.4 Å². The van der Waals surface area contributed by atoms with E-state index >= 15 is 0 Å². The van der Waals surface area contributed by atoms with Crippen molar-refractivity contribution in [1.82, 2.24) is 15.5 Å². The number of allylic oxidation sites excluding steroid dienone is 1. The van der Waals surface area contributed by atoms with Gasteiger partial charge < -0.3 is 24.1 Å². The fraction of sp³-hybridized carbons (Fsp3) is 0.240. The summed E-state index contributed by atoms with van der Waals surface area (Å²) in [4.78, 5) is 15.9. The topological polar surface area (TPSA) is 111 Å². The van der Waals surface area contributed by atoms with Gasteiger partial charge in [0, 0.05) is 17.0 Å². The number of hydrogen-bond donors (Lipinski definition) is 2. The quantitative estimate of drug-likeness (QED) is 0.303. The number of alkyl halides is 3. The zero-order chi connectivity index (χ0) is 25.9. The number of phenols is 1. The Bertz CT molecular complexity index is 1390. The van der Waals surface area contributed by atoms with Crippen LogP contribution in [0.2, 0.25) is 0 Å². The first-order valence-corrected chi connectivity index (χ1v) is 11.0. The molecule has 0 aliphatic carbocycles. The first-order valence-electron chi connectivity index (χ1n) is 11.0. The van der Waals surface area contributed by atoms with Crippen molar-refractivity contribution in [2.24, 2.45) is 0 Å². The van der Waals surface area contributed by atoms with Gasteiger partial charge in [0.2, 0.25) is 11.7 Å². The molecule has 0 aliphatic rings. The smallest absolute Gasteiger partial charge is 0.471 e. The summed E-state index contributed by atoms with van der Waals surface area (Å²) in [5, 5.41) is 16.5. The lowest BCUT2D eigenvalue weighted by atomic mass is 10.1. The van der Waals surface area contributed by atoms with Crippen LogP contribution in [0.15, 0.2) is 63.5 Å². The van der Waals surface area contributed by atoms with Crippen LogP contribution in [0.1, 0.15) is 31.9 Å². The van der Waals surface area contributed by atoms with E-state index in [1.54, 1.807) is 37.3 Å². The van der Waals surface area contributed by atoms with Crippen LogP contribution in [0.25, 0.3) is 27.9 Å². The van der Waals surface area contributed by atoms with Gasteiger partial charge in [0.25, 0.3) is 0 Å². The Balaban J connectivity index is 1.33. The van der Waals surface area contributed by atoms with Crippen molar-refractivity contribution in [3.05, 3.63) is 66.3 Å². The fourth-order valence-corrected chi connectivity index (χ4v) is 3.35. The Hall–Kier alpha value is -4.28. The minimum absolute atomic E-state index is 0.125. The number of rotatable bonds is 8. The Kier molecular flexibility index (Phi) is 7.00. The number of halogens is 3. The highest BCUT2D eigenvalue weighted by Crippen LogP contribution is 2.30. The number of benzene rings is 2. The number of ether oxygens (including phenoxy) is 1. The number of amides is 1. The van der Waals surface area contributed by atoms with Crippen LogP contribution in [-0.2, 0) is 11.0 Å². The van der Waals surface area contributed by atoms with Gasteiger partial charge in [-0.2, -0.15) is 18.2 Å². The molecule has 1 atom stereocenters. The maximum atomic E-state index is 12.6. The Morgan fingerprint density at radius 1 is 1.19 bits per heavy atom. The van der Waals surface area contributed by atoms with E-state index in [1.807, 2.05) is 6.92 Å². The molecule has 4 rings (SSSR count). The van der Waals surface area contributed by atoms with Crippen molar-refractivity contribution in [3.8, 4) is 22.9 Å². The molecule has 0 radical (unpaired) electrons. The summed E-state index contributed by atoms with van der Waals surface area (Å²) in [6, 6.07) is 12.4. The molecule has 11 heteroatoms. The zero-order valence-electron chi connectivity index (χ0n) is 19.3. The lowest BCUT2D eigenvalue weighted by Gasteiger charge is -2.17. The Morgan fingerprint density at radius 3 is 2.61 bits per heavy atom. The number of furan rings is 1. The van der Waals surface area contributed by atoms with Crippen LogP contribution in [0, 0.1) is 0 Å². The summed E-state index contributed by atoms with van der Waals surface area (Å²) in [5.74, 6) is -0.819. The molecular formula is C25H22F3N3O5. The minimum Gasteiger partial charge on any atom is -0.508 e. The monoisotopic (exact) mass is 501 g/mol. The fourth-order valence-electron chi connectivity index (χ4n) is 3.35. The van der Waals surface area contributed by atoms with E-state index < -0.39 is 12.1 Å². The molecule has 2 aromatic heterocycles. The van der Waals surface area contributed by atoms with Crippen molar-refractivity contribution in [2.45, 2.75) is 32.5 Å². The number of aromatic hydroxyl groups is 1. The lowest BCUT2D eigenvalue weighted by molar-refractivity contribution is -0.159. The summed E-state index contributed by atoms with van der Waals surface area (Å²) >= 11 is 0. The van der Waals surface area contributed by atoms with Gasteiger partial charge in [0.1, 0.15) is 29.4 Å². The van der Waals surface area contributed by atoms with Crippen LogP contribution in [-0.4, -0.2) is 33.8 Å². The number of carbonyl (C=O) groups is 1. The number of nitrogens with one attached hydrogen (secondary N) is 1. The van der Waals surface area contributed by atoms with Gasteiger partial charge in [-0.15, -0.1) is 0 Å². The van der Waals surface area contributed by atoms with Crippen LogP contribution in [0.3, 0.4) is 0 Å². The Morgan fingerprint density at radius 2 is 1.94 bits per heavy atom. The third-order valence-electron chi connectivity index (χ3n) is 5.31. The minimum atomic E-state index is -4.71. The van der Waals surface area contributed by atoms with Crippen molar-refractivity contribution in [2.75, 3.05) is 6.61 Å². The number of aromatic nitrogens is 2. The number of nitrogens with zero attached hydrogens (tertiary/aromatic N) is 2. The number of fused-ring (bicyclic) bond motifs is 1. The predicted molar refractivity (Wildman–Crippen MR) is 124 cm³/mol. The van der Waals surface area contributed by atoms with E-state index in [2.05, 4.69) is 20.0 Å². The summed E-state index contributed by atoms with van der Waals surface area (Å²) in [7, 11) is 0. The predicted octanol–water partition coefficient (Wildman–Crippen LogP) is 5.58. The Labute approximate surface area is 203 Å². The van der Waals surface area contributed by atoms with Crippen LogP contribution < -0.4 is 10.1 Å². The van der Waals surface area contributed by atoms with E-state index in [4.69, 9.17) is 9.15 Å². The third kappa shape index (κ3) is 5.85. The highest BCUT2D eigenvalue weighted by atomic mass is 19.4. The summed E-state index contributed by atoms with van der Waals surface area (Å²) in [6.07, 6.45) is -2.68. The molecule has 2 N–H and O–H groups in total. The molecular weight excluding hydrogens is 479 g/mol. The second kappa shape index (κ2) is 10.1. The number of phenolic OH excluding ortho intramolecular Hbond substituents is 1. The molecule has 0 fully saturated rings. The average molecular weight is 501 g/mol. The van der Waals surface area contributed by atoms with E-state index in [9.17, 15) is 23.1 Å². The van der Waals surface area contributed by atoms with Gasteiger partial charge in [-0.3, -0.25) is 4.79 Å². The molecule has 0 saturated heterocycles. The number of carbonyl (C=O) groups excluding carboxylic acids is 1. The lowest BCUT2D eigenvalue weighted by Crippen LogP contribution is -2.37. The van der Waals surface area contributed by atoms with Crippen molar-refractivity contribution < 1.29 is 36.7 Å². The van der Waals surface area contributed by atoms with Gasteiger partial charge in [-0.1, -0.05) is 12.1 Å². The standard InChI is InChI=1S/C25H22F3N3O5/c1-3-17(29-22(33)10-14(2)21-12-16-11-18(32)6-9-20(16)35-21)13-34-19-7-4-15(5-8-19)23-30-24(36-31-23)25(26,27)28/h4-12,17,32H,3,13H2,1-2H3,(H,29,33)/b14-10+/t17-/m0/s1. The molecule has 2 aromatic carbocycles. The van der Waals surface area contributed by atoms with Gasteiger partial charge >= 0.3 is 12.1 Å². The molecule has 0 saturated carbocycles. The van der Waals surface area contributed by atoms with Crippen LogP contribution >= 0.6 is 0 Å². The summed E-state index contributed by atoms with van der Waals surface area (Å²) < 4.78 is 53.6. The van der Waals surface area contributed by atoms with Gasteiger partial charge in [-0.05, 0) is 67.4 Å². The first-order chi connectivity index (χ1) is 17.1. The SMILES string of the molecule is CC[C@@H](COc1ccc(-c2noc(C(F)(F)F)n2)cc1)NC(=O)/C=C(\C)c1cc2cc(O)ccc2o1. The maximum Gasteiger partial charge on any atom is 0.471 e. The molecule has 188 valence electrons. The van der Waals surface area contributed by atoms with E-state index in [1.165, 1.54) is 24.3 Å². The van der Waals surface area contributed by atoms with E-state index in [0.717, 1.165) is 5.39 Å². The van der Waals surface area contributed by atoms with Gasteiger partial charge in [-0.25, -0.2) is 0 Å². The number of hydrogen-bond acceptors (Lipinski definition) is 7. The second-order valence-electron chi connectivity index (χ2n) is 8.03. The molecule has 0 spiro atoms. The molecule has 0 unspecified atom stereocenters. The molecule has 2 heterocycles. The second-order valence-corrected chi connectivity index (χ2v) is 8.03. The molecule has 0 aliphatic heterocycles. The largest absolute Gasteiger partial charge is 0.508 e. The van der Waals surface area contributed by atoms with Gasteiger partial charge in [0.05, 0.1) is 6.04 Å². The van der Waals surface area contributed by atoms with Crippen molar-refractivity contribution in [3.63, 3.8) is 0 Å². The maximum absolute atomic E-state index is 12.6. The summed E-state index contributed by atoms with van der Waals surface area (Å²) in [6.45, 7) is 3.82. The normalized spacial score (nSPS) is 13.1. The molecule has 0 bridgehead atoms. The third-order valence-corrected chi connectivity index (χ3v) is 5.31. The average Bonchev–Trinajstić information content (AvgIpc) is 3.49. The molecule has 1 amide bonds. The van der Waals surface area contributed by atoms with Crippen molar-refractivity contribution in [1.29, 1.82) is 0 Å². The van der Waals surface area contributed by atoms with E-state index in [0.29, 0.717) is 34.7 Å². The molecule has 4 aromatic rings.